The fourth-order valence-corrected chi connectivity index (χ4v) is 7.66. The van der Waals surface area contributed by atoms with Crippen molar-refractivity contribution in [3.05, 3.63) is 183 Å². The lowest BCUT2D eigenvalue weighted by Gasteiger charge is -2.46. The molecule has 0 radical (unpaired) electrons. The van der Waals surface area contributed by atoms with Gasteiger partial charge in [0.05, 0.1) is 44.5 Å². The summed E-state index contributed by atoms with van der Waals surface area (Å²) in [6.07, 6.45) is -52.8. The van der Waals surface area contributed by atoms with Crippen molar-refractivity contribution in [2.24, 2.45) is 0 Å². The molecule has 0 fully saturated rings. The van der Waals surface area contributed by atoms with Crippen LogP contribution in [0.15, 0.2) is 128 Å². The van der Waals surface area contributed by atoms with Gasteiger partial charge >= 0.3 is 49.4 Å². The van der Waals surface area contributed by atoms with Crippen LogP contribution in [0.5, 0.6) is 0 Å². The van der Waals surface area contributed by atoms with E-state index in [2.05, 4.69) is 16.7 Å². The Morgan fingerprint density at radius 2 is 0.556 bits per heavy atom. The highest BCUT2D eigenvalue weighted by Gasteiger charge is 2.47. The molecule has 2 nitrogen and oxygen atoms in total. The van der Waals surface area contributed by atoms with Gasteiger partial charge in [0.2, 0.25) is 5.69 Å². The number of halogens is 24. The van der Waals surface area contributed by atoms with Gasteiger partial charge in [0.1, 0.15) is 12.8 Å². The maximum atomic E-state index is 14.2. The Morgan fingerprint density at radius 1 is 0.319 bits per heavy atom. The largest absolute Gasteiger partial charge is 0.416 e. The van der Waals surface area contributed by atoms with Crippen molar-refractivity contribution in [2.45, 2.75) is 62.6 Å². The number of alkyl halides is 24. The maximum absolute atomic E-state index is 14.2. The van der Waals surface area contributed by atoms with E-state index < -0.39 is 195 Å². The molecule has 1 heterocycles. The second-order valence-corrected chi connectivity index (χ2v) is 15.7. The van der Waals surface area contributed by atoms with Crippen molar-refractivity contribution < 1.29 is 115 Å². The van der Waals surface area contributed by atoms with E-state index in [1.165, 1.54) is 5.56 Å². The molecule has 72 heavy (non-hydrogen) atoms. The van der Waals surface area contributed by atoms with Crippen molar-refractivity contribution in [2.75, 3.05) is 0 Å². The fourth-order valence-electron chi connectivity index (χ4n) is 7.66. The Hall–Kier alpha value is -6.41. The van der Waals surface area contributed by atoms with Crippen molar-refractivity contribution in [3.63, 3.8) is 0 Å². The number of aliphatic hydroxyl groups is 1. The van der Waals surface area contributed by atoms with Crippen LogP contribution in [0.2, 0.25) is 0 Å². The minimum absolute atomic E-state index is 0.0771. The van der Waals surface area contributed by atoms with Crippen LogP contribution in [0.1, 0.15) is 55.8 Å². The highest BCUT2D eigenvalue weighted by molar-refractivity contribution is 7.20. The van der Waals surface area contributed by atoms with Gasteiger partial charge in [-0.2, -0.15) is 132 Å². The summed E-state index contributed by atoms with van der Waals surface area (Å²) in [5.41, 5.74) is -28.0. The molecule has 1 aromatic heterocycles. The van der Waals surface area contributed by atoms with E-state index in [9.17, 15) is 110 Å². The van der Waals surface area contributed by atoms with Crippen molar-refractivity contribution in [1.82, 2.24) is 0 Å². The molecule has 6 rings (SSSR count). The Morgan fingerprint density at radius 3 is 0.778 bits per heavy atom. The van der Waals surface area contributed by atoms with Gasteiger partial charge in [-0.3, -0.25) is 0 Å². The third-order valence-electron chi connectivity index (χ3n) is 10.8. The number of rotatable bonds is 7. The molecule has 0 aliphatic heterocycles. The monoisotopic (exact) mass is 1060 g/mol. The van der Waals surface area contributed by atoms with Crippen LogP contribution >= 0.6 is 0 Å². The molecule has 0 aliphatic carbocycles. The van der Waals surface area contributed by atoms with E-state index in [1.54, 1.807) is 0 Å². The van der Waals surface area contributed by atoms with E-state index in [0.717, 1.165) is 12.2 Å². The van der Waals surface area contributed by atoms with Gasteiger partial charge in [-0.1, -0.05) is 84.9 Å². The zero-order chi connectivity index (χ0) is 54.4. The van der Waals surface area contributed by atoms with Crippen LogP contribution < -0.4 is 26.4 Å². The van der Waals surface area contributed by atoms with Gasteiger partial charge in [0.15, 0.2) is 12.7 Å². The van der Waals surface area contributed by atoms with Gasteiger partial charge in [0, 0.05) is 17.7 Å². The highest BCUT2D eigenvalue weighted by atomic mass is 19.4. The zero-order valence-electron chi connectivity index (χ0n) is 35.1. The molecule has 0 unspecified atom stereocenters. The molecule has 0 saturated heterocycles. The molecule has 27 heteroatoms. The third kappa shape index (κ3) is 13.0. The van der Waals surface area contributed by atoms with Crippen molar-refractivity contribution in [1.29, 1.82) is 0 Å². The first-order valence-electron chi connectivity index (χ1n) is 19.6. The smallest absolute Gasteiger partial charge is 0.385 e. The first-order valence-corrected chi connectivity index (χ1v) is 19.6. The Labute approximate surface area is 388 Å². The molecule has 0 spiro atoms. The predicted molar refractivity (Wildman–Crippen MR) is 208 cm³/mol. The van der Waals surface area contributed by atoms with Gasteiger partial charge in [0.25, 0.3) is 0 Å². The predicted octanol–water partition coefficient (Wildman–Crippen LogP) is 12.7. The summed E-state index contributed by atoms with van der Waals surface area (Å²) < 4.78 is 343. The molecule has 388 valence electrons. The van der Waals surface area contributed by atoms with Crippen molar-refractivity contribution in [3.8, 4) is 0 Å². The number of aliphatic hydroxyl groups excluding tert-OH is 1. The molecule has 0 bridgehead atoms. The number of aromatic nitrogens is 1. The summed E-state index contributed by atoms with van der Waals surface area (Å²) in [5, 5.41) is 9.18. The fraction of sp³-hybridized carbons (Fsp3) is 0.222. The summed E-state index contributed by atoms with van der Waals surface area (Å²) in [6, 6.07) is 7.26. The summed E-state index contributed by atoms with van der Waals surface area (Å²) in [6.45, 7) is 0.880. The SMILES string of the molecule is FC(F)(F)c1cc([B-](c2cc(C(F)(F)F)cc(C(F)(F)F)c2)(c2cc(C(F)(F)F)cc(C(F)(F)F)c2)c2cc(C(F)(F)F)cc(C(F)(F)F)c2)cc(C(F)(F)F)c1.OCc1cccc[n+]1Cc1ccccc1. The van der Waals surface area contributed by atoms with Crippen LogP contribution in [-0.4, -0.2) is 11.3 Å². The lowest BCUT2D eigenvalue weighted by molar-refractivity contribution is -0.697. The van der Waals surface area contributed by atoms with Gasteiger partial charge in [-0.15, -0.1) is 0 Å². The van der Waals surface area contributed by atoms with E-state index in [4.69, 9.17) is 0 Å². The Bertz CT molecular complexity index is 2430. The van der Waals surface area contributed by atoms with Gasteiger partial charge in [-0.05, 0) is 24.3 Å². The number of hydrogen-bond acceptors (Lipinski definition) is 1. The van der Waals surface area contributed by atoms with Gasteiger partial charge < -0.3 is 5.11 Å². The minimum Gasteiger partial charge on any atom is -0.385 e. The Balaban J connectivity index is 0.000000542. The molecule has 0 saturated carbocycles. The van der Waals surface area contributed by atoms with Gasteiger partial charge in [-0.25, -0.2) is 0 Å². The second kappa shape index (κ2) is 19.6. The molecule has 1 N–H and O–H groups in total. The van der Waals surface area contributed by atoms with E-state index in [1.807, 2.05) is 42.6 Å². The maximum Gasteiger partial charge on any atom is 0.416 e. The first kappa shape index (κ1) is 56.5. The zero-order valence-corrected chi connectivity index (χ0v) is 35.1. The molecule has 0 atom stereocenters. The molecule has 5 aromatic carbocycles. The highest BCUT2D eigenvalue weighted by Crippen LogP contribution is 2.41. The summed E-state index contributed by atoms with van der Waals surface area (Å²) >= 11 is 0. The average Bonchev–Trinajstić information content (AvgIpc) is 3.25. The molecular formula is C45H26BF24NO. The first-order chi connectivity index (χ1) is 32.7. The molecule has 0 amide bonds. The third-order valence-corrected chi connectivity index (χ3v) is 10.8. The normalized spacial score (nSPS) is 13.5. The average molecular weight is 1060 g/mol. The minimum atomic E-state index is -6.13. The molecular weight excluding hydrogens is 1040 g/mol. The summed E-state index contributed by atoms with van der Waals surface area (Å²) in [5.74, 6) is 0. The lowest BCUT2D eigenvalue weighted by atomic mass is 9.12. The summed E-state index contributed by atoms with van der Waals surface area (Å²) in [7, 11) is 0. The van der Waals surface area contributed by atoms with Crippen LogP contribution in [-0.2, 0) is 62.6 Å². The second-order valence-electron chi connectivity index (χ2n) is 15.7. The van der Waals surface area contributed by atoms with Crippen LogP contribution in [0.25, 0.3) is 0 Å². The van der Waals surface area contributed by atoms with Crippen LogP contribution in [0.3, 0.4) is 0 Å². The Kier molecular flexibility index (Phi) is 15.3. The van der Waals surface area contributed by atoms with Crippen molar-refractivity contribution >= 4 is 28.0 Å². The van der Waals surface area contributed by atoms with E-state index in [-0.39, 0.29) is 6.61 Å². The topological polar surface area (TPSA) is 24.1 Å². The number of benzene rings is 5. The van der Waals surface area contributed by atoms with E-state index in [0.29, 0.717) is 0 Å². The van der Waals surface area contributed by atoms with E-state index >= 15 is 0 Å². The molecule has 0 aliphatic rings. The number of nitrogens with zero attached hydrogens (tertiary/aromatic N) is 1. The standard InChI is InChI=1S/C32H12BF24.C13H14NO/c34-25(35,36)13-1-14(26(37,38)39)6-21(5-13)33(22-7-15(27(40,41)42)2-16(8-22)28(43,44)45,23-9-17(29(46,47)48)3-18(10-23)30(49,50)51)24-11-19(31(52,53)54)4-20(12-24)32(55,56)57;15-11-13-8-4-5-9-14(13)10-12-6-2-1-3-7-12/h1-12H;1-9,15H,10-11H2/q-1;+1. The van der Waals surface area contributed by atoms with Crippen LogP contribution in [0, 0.1) is 0 Å². The van der Waals surface area contributed by atoms with Crippen LogP contribution in [0.4, 0.5) is 105 Å². The number of hydrogen-bond donors (Lipinski definition) is 1. The molecule has 6 aromatic rings. The number of pyridine rings is 1. The lowest BCUT2D eigenvalue weighted by Crippen LogP contribution is -2.75. The summed E-state index contributed by atoms with van der Waals surface area (Å²) in [4.78, 5) is 0. The quantitative estimate of drug-likeness (QED) is 0.0962.